The SMILES string of the molecule is O=C(NCCN1CCCCC1)c1ccccc1C1CCN(CCN2C(=O)COc3ccccc32)CC1.O=C(NCCNC(=O)c1ccccc1C1CCN(CCN2C(=O)COc3ccccc32)CC1)Nc1ccc2ccccc2c1.O=C(c1ccccc1C1CCN(CCN2C(=O)COc3ccccc32)CC1)N1CCc2ccccc2C1. The zero-order valence-electron chi connectivity index (χ0n) is 66.9. The quantitative estimate of drug-likeness (QED) is 0.0464. The molecule has 0 aromatic heterocycles. The number of amides is 8. The molecule has 22 nitrogen and oxygen atoms in total. The topological polar surface area (TPSA) is 221 Å². The van der Waals surface area contributed by atoms with E-state index in [0.29, 0.717) is 68.9 Å². The second kappa shape index (κ2) is 39.5. The number of nitrogens with zero attached hydrogens (tertiary/aromatic N) is 8. The monoisotopic (exact) mass is 1580 g/mol. The van der Waals surface area contributed by atoms with Crippen molar-refractivity contribution < 1.29 is 47.8 Å². The molecule has 0 spiro atoms. The first-order chi connectivity index (χ1) is 57.4. The lowest BCUT2D eigenvalue weighted by atomic mass is 9.86. The highest BCUT2D eigenvalue weighted by Gasteiger charge is 2.34. The van der Waals surface area contributed by atoms with Crippen molar-refractivity contribution in [3.05, 3.63) is 257 Å². The Morgan fingerprint density at radius 3 is 1.24 bits per heavy atom. The van der Waals surface area contributed by atoms with E-state index in [1.165, 1.54) is 41.5 Å². The summed E-state index contributed by atoms with van der Waals surface area (Å²) in [5.41, 5.74) is 11.7. The number of urea groups is 1. The van der Waals surface area contributed by atoms with E-state index in [4.69, 9.17) is 14.2 Å². The molecule has 4 saturated heterocycles. The minimum Gasteiger partial charge on any atom is -0.482 e. The number of carbonyl (C=O) groups is 7. The molecule has 0 radical (unpaired) electrons. The van der Waals surface area contributed by atoms with Crippen LogP contribution in [0.15, 0.2) is 212 Å². The molecule has 9 aromatic carbocycles. The van der Waals surface area contributed by atoms with Crippen molar-refractivity contribution in [3.8, 4) is 17.2 Å². The molecule has 8 aliphatic heterocycles. The molecule has 9 aromatic rings. The minimum atomic E-state index is -0.316. The molecule has 4 fully saturated rings. The predicted molar refractivity (Wildman–Crippen MR) is 458 cm³/mol. The third kappa shape index (κ3) is 20.5. The number of likely N-dealkylation sites (tertiary alicyclic amines) is 4. The summed E-state index contributed by atoms with van der Waals surface area (Å²) in [5, 5.41) is 14.0. The van der Waals surface area contributed by atoms with E-state index in [1.807, 2.05) is 189 Å². The van der Waals surface area contributed by atoms with Gasteiger partial charge in [-0.3, -0.25) is 28.8 Å². The molecule has 8 aliphatic rings. The summed E-state index contributed by atoms with van der Waals surface area (Å²) in [6.45, 7) is 16.4. The third-order valence-corrected chi connectivity index (χ3v) is 24.3. The predicted octanol–water partition coefficient (Wildman–Crippen LogP) is 13.0. The van der Waals surface area contributed by atoms with Crippen molar-refractivity contribution in [2.75, 3.05) is 164 Å². The number of piperidine rings is 4. The molecule has 0 saturated carbocycles. The molecule has 0 unspecified atom stereocenters. The van der Waals surface area contributed by atoms with Gasteiger partial charge in [0.25, 0.3) is 35.4 Å². The number of benzene rings is 9. The summed E-state index contributed by atoms with van der Waals surface area (Å²) in [7, 11) is 0. The zero-order chi connectivity index (χ0) is 80.2. The molecular weight excluding hydrogens is 1470 g/mol. The molecule has 608 valence electrons. The average molecular weight is 1580 g/mol. The Labute approximate surface area is 686 Å². The fourth-order valence-corrected chi connectivity index (χ4v) is 17.8. The first-order valence-corrected chi connectivity index (χ1v) is 42.1. The highest BCUT2D eigenvalue weighted by molar-refractivity contribution is 6.01. The normalized spacial score (nSPS) is 17.6. The Hall–Kier alpha value is -11.4. The van der Waals surface area contributed by atoms with Crippen molar-refractivity contribution in [2.45, 2.75) is 88.5 Å². The number of fused-ring (bicyclic) bond motifs is 5. The van der Waals surface area contributed by atoms with Gasteiger partial charge in [0, 0.05) is 101 Å². The molecule has 8 heterocycles. The van der Waals surface area contributed by atoms with Gasteiger partial charge < -0.3 is 74.7 Å². The highest BCUT2D eigenvalue weighted by Crippen LogP contribution is 2.38. The van der Waals surface area contributed by atoms with Crippen LogP contribution in [0.5, 0.6) is 17.2 Å². The number of hydrogen-bond acceptors (Lipinski definition) is 14. The first-order valence-electron chi connectivity index (χ1n) is 42.1. The fourth-order valence-electron chi connectivity index (χ4n) is 17.8. The Kier molecular flexibility index (Phi) is 27.2. The Balaban J connectivity index is 0.000000138. The van der Waals surface area contributed by atoms with Gasteiger partial charge in [-0.25, -0.2) is 4.79 Å². The van der Waals surface area contributed by atoms with Crippen LogP contribution in [0.4, 0.5) is 27.5 Å². The van der Waals surface area contributed by atoms with Gasteiger partial charge in [-0.05, 0) is 233 Å². The van der Waals surface area contributed by atoms with Crippen LogP contribution in [-0.2, 0) is 27.3 Å². The maximum atomic E-state index is 13.6. The van der Waals surface area contributed by atoms with Crippen LogP contribution in [0.3, 0.4) is 0 Å². The second-order valence-corrected chi connectivity index (χ2v) is 31.6. The van der Waals surface area contributed by atoms with Crippen molar-refractivity contribution >= 4 is 75.0 Å². The lowest BCUT2D eigenvalue weighted by Gasteiger charge is -2.36. The molecule has 17 rings (SSSR count). The van der Waals surface area contributed by atoms with Crippen molar-refractivity contribution in [2.24, 2.45) is 0 Å². The number of ether oxygens (including phenoxy) is 3. The summed E-state index contributed by atoms with van der Waals surface area (Å²) in [4.78, 5) is 107. The maximum Gasteiger partial charge on any atom is 0.319 e. The summed E-state index contributed by atoms with van der Waals surface area (Å²) in [6.07, 6.45) is 10.7. The van der Waals surface area contributed by atoms with Crippen LogP contribution < -0.4 is 50.2 Å². The van der Waals surface area contributed by atoms with E-state index in [-0.39, 0.29) is 67.2 Å². The Bertz CT molecular complexity index is 4950. The number of rotatable bonds is 22. The van der Waals surface area contributed by atoms with Gasteiger partial charge in [0.1, 0.15) is 17.2 Å². The maximum absolute atomic E-state index is 13.6. The first kappa shape index (κ1) is 80.7. The second-order valence-electron chi connectivity index (χ2n) is 31.6. The average Bonchev–Trinajstić information content (AvgIpc) is 0.797. The van der Waals surface area contributed by atoms with Crippen molar-refractivity contribution in [1.29, 1.82) is 0 Å². The summed E-state index contributed by atoms with van der Waals surface area (Å²) in [6, 6.07) is 69.2. The van der Waals surface area contributed by atoms with E-state index in [1.54, 1.807) is 0 Å². The zero-order valence-corrected chi connectivity index (χ0v) is 66.9. The van der Waals surface area contributed by atoms with Gasteiger partial charge in [0.2, 0.25) is 0 Å². The largest absolute Gasteiger partial charge is 0.482 e. The molecule has 22 heteroatoms. The van der Waals surface area contributed by atoms with Gasteiger partial charge in [-0.1, -0.05) is 152 Å². The van der Waals surface area contributed by atoms with Crippen LogP contribution in [-0.4, -0.2) is 210 Å². The third-order valence-electron chi connectivity index (χ3n) is 24.3. The molecule has 117 heavy (non-hydrogen) atoms. The highest BCUT2D eigenvalue weighted by atomic mass is 16.5. The van der Waals surface area contributed by atoms with Crippen LogP contribution >= 0.6 is 0 Å². The van der Waals surface area contributed by atoms with Gasteiger partial charge in [0.15, 0.2) is 19.8 Å². The number of carbonyl (C=O) groups excluding carboxylic acids is 7. The lowest BCUT2D eigenvalue weighted by Crippen LogP contribution is -2.45. The van der Waals surface area contributed by atoms with E-state index in [9.17, 15) is 33.6 Å². The summed E-state index contributed by atoms with van der Waals surface area (Å²) >= 11 is 0. The minimum absolute atomic E-state index is 0.0146. The molecule has 0 aliphatic carbocycles. The van der Waals surface area contributed by atoms with E-state index >= 15 is 0 Å². The number of nitrogens with one attached hydrogen (secondary N) is 4. The number of hydrogen-bond donors (Lipinski definition) is 4. The van der Waals surface area contributed by atoms with Crippen LogP contribution in [0.1, 0.15) is 134 Å². The Morgan fingerprint density at radius 2 is 0.744 bits per heavy atom. The summed E-state index contributed by atoms with van der Waals surface area (Å²) < 4.78 is 16.7. The number of para-hydroxylation sites is 6. The van der Waals surface area contributed by atoms with Gasteiger partial charge in [-0.2, -0.15) is 0 Å². The van der Waals surface area contributed by atoms with E-state index in [2.05, 4.69) is 83.3 Å². The van der Waals surface area contributed by atoms with Crippen molar-refractivity contribution in [3.63, 3.8) is 0 Å². The molecule has 0 bridgehead atoms. The Morgan fingerprint density at radius 1 is 0.350 bits per heavy atom. The van der Waals surface area contributed by atoms with Crippen LogP contribution in [0.2, 0.25) is 0 Å². The van der Waals surface area contributed by atoms with Crippen molar-refractivity contribution in [1.82, 2.24) is 40.4 Å². The molecule has 8 amide bonds. The standard InChI is InChI=1S/C35H37N5O4.C31H33N3O3.C29H38N4O3/c41-33-24-44-32-12-6-5-11-31(32)40(33)22-21-39-19-15-26(16-20-39)29-9-3-4-10-30(29)34(42)36-17-18-37-35(43)38-28-14-13-25-7-1-2-8-27(25)23-28;35-30-22-37-29-12-6-5-11-28(29)34(30)20-19-32-16-13-24(14-17-32)26-9-3-4-10-27(26)31(36)33-18-15-23-7-1-2-8-25(23)21-33;34-28-22-36-27-11-5-4-10-26(27)33(28)21-20-32-17-12-23(13-18-32)24-8-2-3-9-25(24)29(35)30-14-19-31-15-6-1-7-16-31/h1-14,23,26H,15-22,24H2,(H,36,42)(H2,37,38,43);1-12,24H,13-22H2;2-5,8-11,23H,1,6-7,12-22H2,(H,30,35). The van der Waals surface area contributed by atoms with Crippen LogP contribution in [0.25, 0.3) is 10.8 Å². The van der Waals surface area contributed by atoms with Gasteiger partial charge >= 0.3 is 6.03 Å². The van der Waals surface area contributed by atoms with Crippen LogP contribution in [0, 0.1) is 0 Å². The fraction of sp³-hybridized carbons (Fsp3) is 0.379. The molecule has 4 N–H and O–H groups in total. The smallest absolute Gasteiger partial charge is 0.319 e. The molecular formula is C95H108N12O10. The number of anilines is 4. The van der Waals surface area contributed by atoms with E-state index in [0.717, 1.165) is 192 Å². The lowest BCUT2D eigenvalue weighted by molar-refractivity contribution is -0.122. The van der Waals surface area contributed by atoms with Gasteiger partial charge in [-0.15, -0.1) is 0 Å². The van der Waals surface area contributed by atoms with Gasteiger partial charge in [0.05, 0.1) is 17.1 Å². The van der Waals surface area contributed by atoms with E-state index < -0.39 is 0 Å². The molecule has 0 atom stereocenters. The summed E-state index contributed by atoms with van der Waals surface area (Å²) in [5.74, 6) is 3.43.